The van der Waals surface area contributed by atoms with Crippen molar-refractivity contribution in [3.05, 3.63) is 48.0 Å². The average Bonchev–Trinajstić information content (AvgIpc) is 2.99. The van der Waals surface area contributed by atoms with Gasteiger partial charge >= 0.3 is 0 Å². The fourth-order valence-electron chi connectivity index (χ4n) is 2.47. The van der Waals surface area contributed by atoms with Gasteiger partial charge in [-0.15, -0.1) is 0 Å². The van der Waals surface area contributed by atoms with E-state index in [9.17, 15) is 5.11 Å². The topological polar surface area (TPSA) is 48.7 Å². The highest BCUT2D eigenvalue weighted by molar-refractivity contribution is 7.22. The summed E-state index contributed by atoms with van der Waals surface area (Å²) >= 11 is 1.54. The van der Waals surface area contributed by atoms with Crippen molar-refractivity contribution in [2.75, 3.05) is 18.0 Å². The Balaban J connectivity index is 1.90. The summed E-state index contributed by atoms with van der Waals surface area (Å²) in [7, 11) is 0. The quantitative estimate of drug-likeness (QED) is 0.698. The molecule has 0 aliphatic carbocycles. The summed E-state index contributed by atoms with van der Waals surface area (Å²) in [5.41, 5.74) is 2.73. The van der Waals surface area contributed by atoms with Crippen LogP contribution in [0.25, 0.3) is 10.2 Å². The second-order valence-electron chi connectivity index (χ2n) is 5.14. The summed E-state index contributed by atoms with van der Waals surface area (Å²) in [6, 6.07) is 13.6. The molecule has 0 saturated heterocycles. The molecule has 0 spiro atoms. The van der Waals surface area contributed by atoms with Crippen LogP contribution in [0, 0.1) is 0 Å². The lowest BCUT2D eigenvalue weighted by molar-refractivity contribution is 0.474. The largest absolute Gasteiger partial charge is 0.507 e. The summed E-state index contributed by atoms with van der Waals surface area (Å²) < 4.78 is 1.11. The van der Waals surface area contributed by atoms with Gasteiger partial charge in [-0.1, -0.05) is 23.5 Å². The third-order valence-electron chi connectivity index (χ3n) is 3.74. The lowest BCUT2D eigenvalue weighted by Gasteiger charge is -2.21. The van der Waals surface area contributed by atoms with E-state index in [1.165, 1.54) is 0 Å². The Morgan fingerprint density at radius 3 is 2.70 bits per heavy atom. The van der Waals surface area contributed by atoms with Gasteiger partial charge in [-0.2, -0.15) is 0 Å². The van der Waals surface area contributed by atoms with Gasteiger partial charge in [-0.3, -0.25) is 0 Å². The molecule has 23 heavy (non-hydrogen) atoms. The lowest BCUT2D eigenvalue weighted by atomic mass is 10.1. The maximum absolute atomic E-state index is 10.1. The van der Waals surface area contributed by atoms with Gasteiger partial charge in [0.15, 0.2) is 0 Å². The molecule has 118 valence electrons. The highest BCUT2D eigenvalue weighted by Gasteiger charge is 2.06. The summed E-state index contributed by atoms with van der Waals surface area (Å²) in [4.78, 5) is 11.1. The molecule has 0 atom stereocenters. The van der Waals surface area contributed by atoms with Crippen LogP contribution < -0.4 is 4.90 Å². The molecule has 0 bridgehead atoms. The molecule has 0 saturated carbocycles. The van der Waals surface area contributed by atoms with Crippen molar-refractivity contribution in [3.63, 3.8) is 0 Å². The van der Waals surface area contributed by atoms with Gasteiger partial charge < -0.3 is 10.0 Å². The molecule has 0 unspecified atom stereocenters. The van der Waals surface area contributed by atoms with E-state index in [-0.39, 0.29) is 5.75 Å². The van der Waals surface area contributed by atoms with Crippen LogP contribution in [0.5, 0.6) is 5.75 Å². The van der Waals surface area contributed by atoms with Gasteiger partial charge in [0.1, 0.15) is 5.75 Å². The predicted octanol–water partition coefficient (Wildman–Crippen LogP) is 4.60. The SMILES string of the molecule is CCN(CC)c1ccc(O)c(C=Nc2nc3ccccc3s2)c1. The fraction of sp³-hybridized carbons (Fsp3) is 0.222. The molecule has 1 heterocycles. The summed E-state index contributed by atoms with van der Waals surface area (Å²) in [6.45, 7) is 6.09. The molecule has 0 fully saturated rings. The van der Waals surface area contributed by atoms with Crippen LogP contribution >= 0.6 is 11.3 Å². The number of hydrogen-bond acceptors (Lipinski definition) is 5. The van der Waals surface area contributed by atoms with E-state index in [4.69, 9.17) is 0 Å². The molecule has 0 aliphatic heterocycles. The van der Waals surface area contributed by atoms with Crippen LogP contribution in [0.1, 0.15) is 19.4 Å². The number of aromatic hydroxyl groups is 1. The standard InChI is InChI=1S/C18H19N3OS/c1-3-21(4-2)14-9-10-16(22)13(11-14)12-19-18-20-15-7-5-6-8-17(15)23-18/h5-12,22H,3-4H2,1-2H3. The molecule has 3 rings (SSSR count). The smallest absolute Gasteiger partial charge is 0.210 e. The second kappa shape index (κ2) is 6.79. The molecule has 0 amide bonds. The van der Waals surface area contributed by atoms with Gasteiger partial charge in [-0.25, -0.2) is 9.98 Å². The van der Waals surface area contributed by atoms with E-state index in [0.717, 1.165) is 29.0 Å². The van der Waals surface area contributed by atoms with Crippen molar-refractivity contribution in [3.8, 4) is 5.75 Å². The van der Waals surface area contributed by atoms with Crippen LogP contribution in [-0.2, 0) is 0 Å². The van der Waals surface area contributed by atoms with E-state index in [1.807, 2.05) is 36.4 Å². The molecular formula is C18H19N3OS. The Labute approximate surface area is 139 Å². The van der Waals surface area contributed by atoms with Crippen molar-refractivity contribution >= 4 is 38.6 Å². The molecular weight excluding hydrogens is 306 g/mol. The zero-order valence-electron chi connectivity index (χ0n) is 13.2. The zero-order chi connectivity index (χ0) is 16.2. The Kier molecular flexibility index (Phi) is 4.57. The maximum atomic E-state index is 10.1. The van der Waals surface area contributed by atoms with Crippen molar-refractivity contribution in [2.24, 2.45) is 4.99 Å². The van der Waals surface area contributed by atoms with Crippen LogP contribution in [-0.4, -0.2) is 29.4 Å². The third-order valence-corrected chi connectivity index (χ3v) is 4.68. The van der Waals surface area contributed by atoms with Crippen molar-refractivity contribution in [1.29, 1.82) is 0 Å². The number of thiazole rings is 1. The Bertz CT molecular complexity index is 804. The van der Waals surface area contributed by atoms with E-state index < -0.39 is 0 Å². The van der Waals surface area contributed by atoms with E-state index in [1.54, 1.807) is 23.6 Å². The number of phenolic OH excluding ortho intramolecular Hbond substituents is 1. The molecule has 4 nitrogen and oxygen atoms in total. The number of aliphatic imine (C=N–C) groups is 1. The zero-order valence-corrected chi connectivity index (χ0v) is 14.0. The first-order chi connectivity index (χ1) is 11.2. The highest BCUT2D eigenvalue weighted by atomic mass is 32.1. The molecule has 0 aliphatic rings. The third kappa shape index (κ3) is 3.35. The van der Waals surface area contributed by atoms with Crippen LogP contribution in [0.4, 0.5) is 10.8 Å². The Morgan fingerprint density at radius 2 is 1.96 bits per heavy atom. The monoisotopic (exact) mass is 325 g/mol. The number of anilines is 1. The minimum absolute atomic E-state index is 0.228. The molecule has 0 radical (unpaired) electrons. The molecule has 5 heteroatoms. The normalized spacial score (nSPS) is 11.4. The van der Waals surface area contributed by atoms with Gasteiger partial charge in [0.2, 0.25) is 5.13 Å². The number of para-hydroxylation sites is 1. The molecule has 1 aromatic heterocycles. The van der Waals surface area contributed by atoms with Crippen LogP contribution in [0.15, 0.2) is 47.5 Å². The minimum Gasteiger partial charge on any atom is -0.507 e. The Morgan fingerprint density at radius 1 is 1.17 bits per heavy atom. The first kappa shape index (κ1) is 15.5. The average molecular weight is 325 g/mol. The number of nitrogens with zero attached hydrogens (tertiary/aromatic N) is 3. The van der Waals surface area contributed by atoms with E-state index in [2.05, 4.69) is 28.7 Å². The number of fused-ring (bicyclic) bond motifs is 1. The van der Waals surface area contributed by atoms with Crippen molar-refractivity contribution in [1.82, 2.24) is 4.98 Å². The fourth-order valence-corrected chi connectivity index (χ4v) is 3.28. The number of hydrogen-bond donors (Lipinski definition) is 1. The first-order valence-corrected chi connectivity index (χ1v) is 8.50. The van der Waals surface area contributed by atoms with Gasteiger partial charge in [0.25, 0.3) is 0 Å². The molecule has 3 aromatic rings. The van der Waals surface area contributed by atoms with Crippen LogP contribution in [0.3, 0.4) is 0 Å². The molecule has 2 aromatic carbocycles. The Hall–Kier alpha value is -2.40. The maximum Gasteiger partial charge on any atom is 0.210 e. The highest BCUT2D eigenvalue weighted by Crippen LogP contribution is 2.28. The summed E-state index contributed by atoms with van der Waals surface area (Å²) in [5.74, 6) is 0.228. The summed E-state index contributed by atoms with van der Waals surface area (Å²) in [5, 5.41) is 10.7. The summed E-state index contributed by atoms with van der Waals surface area (Å²) in [6.07, 6.45) is 1.68. The van der Waals surface area contributed by atoms with Crippen molar-refractivity contribution in [2.45, 2.75) is 13.8 Å². The molecule has 1 N–H and O–H groups in total. The van der Waals surface area contributed by atoms with E-state index in [0.29, 0.717) is 10.7 Å². The number of phenols is 1. The van der Waals surface area contributed by atoms with Gasteiger partial charge in [0, 0.05) is 30.6 Å². The first-order valence-electron chi connectivity index (χ1n) is 7.69. The van der Waals surface area contributed by atoms with Gasteiger partial charge in [0.05, 0.1) is 10.2 Å². The van der Waals surface area contributed by atoms with Crippen LogP contribution in [0.2, 0.25) is 0 Å². The predicted molar refractivity (Wildman–Crippen MR) is 98.5 cm³/mol. The minimum atomic E-state index is 0.228. The number of benzene rings is 2. The second-order valence-corrected chi connectivity index (χ2v) is 6.15. The van der Waals surface area contributed by atoms with Crippen molar-refractivity contribution < 1.29 is 5.11 Å². The lowest BCUT2D eigenvalue weighted by Crippen LogP contribution is -2.21. The number of aromatic nitrogens is 1. The van der Waals surface area contributed by atoms with E-state index >= 15 is 0 Å². The number of rotatable bonds is 5. The van der Waals surface area contributed by atoms with Gasteiger partial charge in [-0.05, 0) is 44.2 Å².